The van der Waals surface area contributed by atoms with Gasteiger partial charge in [0.25, 0.3) is 5.91 Å². The minimum atomic E-state index is -0.716. The standard InChI is InChI=1S/C14H21N3O2/c1-17(2)12-6-5-11(9-15-12)13(18)16-10-14(19)7-3-4-8-14/h5-6,9,19H,3-4,7-8,10H2,1-2H3,(H,16,18). The molecule has 0 aliphatic heterocycles. The average molecular weight is 263 g/mol. The van der Waals surface area contributed by atoms with Crippen LogP contribution in [0.3, 0.4) is 0 Å². The number of pyridine rings is 1. The average Bonchev–Trinajstić information content (AvgIpc) is 2.83. The number of rotatable bonds is 4. The molecule has 0 aromatic carbocycles. The number of nitrogens with one attached hydrogen (secondary N) is 1. The zero-order valence-corrected chi connectivity index (χ0v) is 11.5. The molecule has 1 aliphatic rings. The molecule has 1 heterocycles. The maximum Gasteiger partial charge on any atom is 0.252 e. The zero-order chi connectivity index (χ0) is 13.9. The number of hydrogen-bond acceptors (Lipinski definition) is 4. The second-order valence-electron chi connectivity index (χ2n) is 5.41. The third-order valence-corrected chi connectivity index (χ3v) is 3.58. The molecule has 1 amide bonds. The first-order chi connectivity index (χ1) is 9.00. The molecule has 5 heteroatoms. The van der Waals surface area contributed by atoms with Crippen LogP contribution in [0.1, 0.15) is 36.0 Å². The van der Waals surface area contributed by atoms with Crippen LogP contribution in [0.2, 0.25) is 0 Å². The molecule has 1 aromatic heterocycles. The molecule has 2 N–H and O–H groups in total. The molecular weight excluding hydrogens is 242 g/mol. The lowest BCUT2D eigenvalue weighted by atomic mass is 10.0. The summed E-state index contributed by atoms with van der Waals surface area (Å²) in [5, 5.41) is 13.0. The monoisotopic (exact) mass is 263 g/mol. The highest BCUT2D eigenvalue weighted by Crippen LogP contribution is 2.28. The van der Waals surface area contributed by atoms with Gasteiger partial charge in [-0.05, 0) is 25.0 Å². The lowest BCUT2D eigenvalue weighted by Gasteiger charge is -2.22. The van der Waals surface area contributed by atoms with Crippen LogP contribution in [-0.4, -0.2) is 42.2 Å². The Morgan fingerprint density at radius 2 is 2.11 bits per heavy atom. The first-order valence-electron chi connectivity index (χ1n) is 6.64. The van der Waals surface area contributed by atoms with E-state index < -0.39 is 5.60 Å². The van der Waals surface area contributed by atoms with Crippen LogP contribution < -0.4 is 10.2 Å². The smallest absolute Gasteiger partial charge is 0.252 e. The van der Waals surface area contributed by atoms with E-state index in [1.165, 1.54) is 0 Å². The molecule has 0 bridgehead atoms. The fourth-order valence-electron chi connectivity index (χ4n) is 2.34. The Morgan fingerprint density at radius 3 is 2.63 bits per heavy atom. The molecule has 0 saturated heterocycles. The number of hydrogen-bond donors (Lipinski definition) is 2. The summed E-state index contributed by atoms with van der Waals surface area (Å²) in [4.78, 5) is 18.0. The Morgan fingerprint density at radius 1 is 1.42 bits per heavy atom. The molecule has 19 heavy (non-hydrogen) atoms. The van der Waals surface area contributed by atoms with Crippen LogP contribution >= 0.6 is 0 Å². The number of aromatic nitrogens is 1. The van der Waals surface area contributed by atoms with E-state index in [1.807, 2.05) is 19.0 Å². The summed E-state index contributed by atoms with van der Waals surface area (Å²) in [5.74, 6) is 0.629. The number of nitrogens with zero attached hydrogens (tertiary/aromatic N) is 2. The van der Waals surface area contributed by atoms with Crippen molar-refractivity contribution >= 4 is 11.7 Å². The van der Waals surface area contributed by atoms with Crippen molar-refractivity contribution in [3.63, 3.8) is 0 Å². The summed E-state index contributed by atoms with van der Waals surface area (Å²) in [7, 11) is 3.80. The molecule has 0 radical (unpaired) electrons. The fraction of sp³-hybridized carbons (Fsp3) is 0.571. The lowest BCUT2D eigenvalue weighted by molar-refractivity contribution is 0.0449. The number of carbonyl (C=O) groups is 1. The molecule has 0 atom stereocenters. The van der Waals surface area contributed by atoms with Gasteiger partial charge in [0, 0.05) is 26.8 Å². The topological polar surface area (TPSA) is 65.5 Å². The van der Waals surface area contributed by atoms with Crippen LogP contribution in [0.4, 0.5) is 5.82 Å². The van der Waals surface area contributed by atoms with Gasteiger partial charge < -0.3 is 15.3 Å². The third kappa shape index (κ3) is 3.44. The van der Waals surface area contributed by atoms with Gasteiger partial charge in [0.1, 0.15) is 5.82 Å². The Labute approximate surface area is 113 Å². The summed E-state index contributed by atoms with van der Waals surface area (Å²) >= 11 is 0. The van der Waals surface area contributed by atoms with E-state index in [1.54, 1.807) is 18.3 Å². The Bertz CT molecular complexity index is 437. The molecule has 5 nitrogen and oxygen atoms in total. The van der Waals surface area contributed by atoms with Gasteiger partial charge in [0.2, 0.25) is 0 Å². The fourth-order valence-corrected chi connectivity index (χ4v) is 2.34. The zero-order valence-electron chi connectivity index (χ0n) is 11.5. The number of amides is 1. The second kappa shape index (κ2) is 5.57. The van der Waals surface area contributed by atoms with Crippen LogP contribution in [0.15, 0.2) is 18.3 Å². The van der Waals surface area contributed by atoms with Crippen LogP contribution in [-0.2, 0) is 0 Å². The largest absolute Gasteiger partial charge is 0.388 e. The molecule has 1 aliphatic carbocycles. The molecule has 1 aromatic rings. The van der Waals surface area contributed by atoms with Gasteiger partial charge in [-0.15, -0.1) is 0 Å². The van der Waals surface area contributed by atoms with Gasteiger partial charge in [-0.3, -0.25) is 4.79 Å². The maximum absolute atomic E-state index is 11.9. The van der Waals surface area contributed by atoms with Crippen molar-refractivity contribution in [2.45, 2.75) is 31.3 Å². The predicted octanol–water partition coefficient (Wildman–Crippen LogP) is 1.18. The minimum Gasteiger partial charge on any atom is -0.388 e. The maximum atomic E-state index is 11.9. The van der Waals surface area contributed by atoms with Crippen molar-refractivity contribution in [2.24, 2.45) is 0 Å². The molecule has 2 rings (SSSR count). The highest BCUT2D eigenvalue weighted by Gasteiger charge is 2.31. The van der Waals surface area contributed by atoms with E-state index in [-0.39, 0.29) is 5.91 Å². The molecule has 1 fully saturated rings. The van der Waals surface area contributed by atoms with Crippen molar-refractivity contribution in [2.75, 3.05) is 25.5 Å². The molecule has 104 valence electrons. The van der Waals surface area contributed by atoms with E-state index in [0.717, 1.165) is 31.5 Å². The summed E-state index contributed by atoms with van der Waals surface area (Å²) in [6, 6.07) is 3.55. The summed E-state index contributed by atoms with van der Waals surface area (Å²) < 4.78 is 0. The van der Waals surface area contributed by atoms with E-state index >= 15 is 0 Å². The lowest BCUT2D eigenvalue weighted by Crippen LogP contribution is -2.40. The van der Waals surface area contributed by atoms with Gasteiger partial charge in [0.15, 0.2) is 0 Å². The van der Waals surface area contributed by atoms with Gasteiger partial charge in [0.05, 0.1) is 11.2 Å². The first kappa shape index (κ1) is 13.8. The number of anilines is 1. The van der Waals surface area contributed by atoms with Crippen LogP contribution in [0, 0.1) is 0 Å². The highest BCUT2D eigenvalue weighted by atomic mass is 16.3. The molecule has 1 saturated carbocycles. The van der Waals surface area contributed by atoms with Gasteiger partial charge in [-0.2, -0.15) is 0 Å². The number of aliphatic hydroxyl groups is 1. The summed E-state index contributed by atoms with van der Waals surface area (Å²) in [6.07, 6.45) is 5.16. The summed E-state index contributed by atoms with van der Waals surface area (Å²) in [6.45, 7) is 0.321. The third-order valence-electron chi connectivity index (χ3n) is 3.58. The van der Waals surface area contributed by atoms with E-state index in [0.29, 0.717) is 12.1 Å². The SMILES string of the molecule is CN(C)c1ccc(C(=O)NCC2(O)CCCC2)cn1. The van der Waals surface area contributed by atoms with Gasteiger partial charge in [-0.25, -0.2) is 4.98 Å². The minimum absolute atomic E-state index is 0.182. The predicted molar refractivity (Wildman–Crippen MR) is 74.3 cm³/mol. The van der Waals surface area contributed by atoms with Crippen LogP contribution in [0.5, 0.6) is 0 Å². The Kier molecular flexibility index (Phi) is 4.04. The summed E-state index contributed by atoms with van der Waals surface area (Å²) in [5.41, 5.74) is -0.195. The molecule has 0 unspecified atom stereocenters. The Balaban J connectivity index is 1.92. The normalized spacial score (nSPS) is 17.2. The van der Waals surface area contributed by atoms with Crippen molar-refractivity contribution in [1.29, 1.82) is 0 Å². The van der Waals surface area contributed by atoms with E-state index in [4.69, 9.17) is 0 Å². The highest BCUT2D eigenvalue weighted by molar-refractivity contribution is 5.94. The van der Waals surface area contributed by atoms with Gasteiger partial charge in [-0.1, -0.05) is 12.8 Å². The van der Waals surface area contributed by atoms with Crippen LogP contribution in [0.25, 0.3) is 0 Å². The molecular formula is C14H21N3O2. The van der Waals surface area contributed by atoms with Crippen molar-refractivity contribution in [3.05, 3.63) is 23.9 Å². The second-order valence-corrected chi connectivity index (χ2v) is 5.41. The van der Waals surface area contributed by atoms with Crippen molar-refractivity contribution in [3.8, 4) is 0 Å². The Hall–Kier alpha value is -1.62. The van der Waals surface area contributed by atoms with Gasteiger partial charge >= 0.3 is 0 Å². The van der Waals surface area contributed by atoms with Crippen molar-refractivity contribution < 1.29 is 9.90 Å². The van der Waals surface area contributed by atoms with Crippen molar-refractivity contribution in [1.82, 2.24) is 10.3 Å². The van der Waals surface area contributed by atoms with E-state index in [2.05, 4.69) is 10.3 Å². The number of carbonyl (C=O) groups excluding carboxylic acids is 1. The first-order valence-corrected chi connectivity index (χ1v) is 6.64. The quantitative estimate of drug-likeness (QED) is 0.856. The molecule has 0 spiro atoms. The van der Waals surface area contributed by atoms with E-state index in [9.17, 15) is 9.90 Å².